The molecule has 0 aliphatic carbocycles. The summed E-state index contributed by atoms with van der Waals surface area (Å²) in [6, 6.07) is 5.24. The van der Waals surface area contributed by atoms with E-state index >= 15 is 0 Å². The Bertz CT molecular complexity index is 608. The average Bonchev–Trinajstić information content (AvgIpc) is 2.83. The molecule has 21 heavy (non-hydrogen) atoms. The first-order chi connectivity index (χ1) is 9.91. The second-order valence-electron chi connectivity index (χ2n) is 4.63. The molecule has 0 fully saturated rings. The molecule has 1 N–H and O–H groups in total. The maximum absolute atomic E-state index is 13.1. The van der Waals surface area contributed by atoms with Crippen LogP contribution in [-0.4, -0.2) is 16.5 Å². The molecule has 2 aromatic rings. The number of hydrogen-bond donors (Lipinski definition) is 1. The summed E-state index contributed by atoms with van der Waals surface area (Å²) in [5.41, 5.74) is 0.420. The van der Waals surface area contributed by atoms with Crippen molar-refractivity contribution in [2.45, 2.75) is 33.0 Å². The minimum atomic E-state index is -4.44. The van der Waals surface area contributed by atoms with Crippen LogP contribution in [0.25, 0.3) is 10.7 Å². The number of thiazole rings is 1. The zero-order valence-corrected chi connectivity index (χ0v) is 12.6. The molecule has 2 heterocycles. The van der Waals surface area contributed by atoms with E-state index in [1.54, 1.807) is 25.1 Å². The fraction of sp³-hybridized carbons (Fsp3) is 0.429. The van der Waals surface area contributed by atoms with Gasteiger partial charge in [0, 0.05) is 12.2 Å². The fourth-order valence-electron chi connectivity index (χ4n) is 1.84. The van der Waals surface area contributed by atoms with Crippen molar-refractivity contribution in [2.75, 3.05) is 6.54 Å². The summed E-state index contributed by atoms with van der Waals surface area (Å²) in [4.78, 5) is 8.20. The molecule has 0 bridgehead atoms. The summed E-state index contributed by atoms with van der Waals surface area (Å²) in [7, 11) is 0. The molecule has 0 aliphatic rings. The summed E-state index contributed by atoms with van der Waals surface area (Å²) >= 11 is 1.04. The van der Waals surface area contributed by atoms with Gasteiger partial charge in [-0.15, -0.1) is 11.3 Å². The molecule has 2 rings (SSSR count). The van der Waals surface area contributed by atoms with Crippen LogP contribution >= 0.6 is 11.3 Å². The number of nitrogens with one attached hydrogen (secondary N) is 1. The highest BCUT2D eigenvalue weighted by Crippen LogP contribution is 2.37. The van der Waals surface area contributed by atoms with Gasteiger partial charge in [0.25, 0.3) is 0 Å². The molecule has 0 radical (unpaired) electrons. The monoisotopic (exact) mass is 315 g/mol. The lowest BCUT2D eigenvalue weighted by Gasteiger charge is -2.06. The third-order valence-corrected chi connectivity index (χ3v) is 3.86. The van der Waals surface area contributed by atoms with Gasteiger partial charge in [-0.2, -0.15) is 13.2 Å². The normalized spacial score (nSPS) is 11.9. The standard InChI is InChI=1S/C14H16F3N3S/c1-3-7-18-8-11-12(14(15,16)17)20-13(21-11)10-6-4-5-9(2)19-10/h4-6,18H,3,7-8H2,1-2H3. The first kappa shape index (κ1) is 15.9. The number of nitrogens with zero attached hydrogens (tertiary/aromatic N) is 2. The van der Waals surface area contributed by atoms with Crippen molar-refractivity contribution in [2.24, 2.45) is 0 Å². The zero-order chi connectivity index (χ0) is 15.5. The van der Waals surface area contributed by atoms with Crippen molar-refractivity contribution >= 4 is 11.3 Å². The van der Waals surface area contributed by atoms with Crippen LogP contribution in [0, 0.1) is 6.92 Å². The second-order valence-corrected chi connectivity index (χ2v) is 5.71. The molecule has 114 valence electrons. The zero-order valence-electron chi connectivity index (χ0n) is 11.8. The molecule has 2 aromatic heterocycles. The van der Waals surface area contributed by atoms with Gasteiger partial charge in [-0.3, -0.25) is 4.98 Å². The molecule has 0 atom stereocenters. The lowest BCUT2D eigenvalue weighted by Crippen LogP contribution is -2.17. The van der Waals surface area contributed by atoms with Crippen LogP contribution in [0.1, 0.15) is 29.6 Å². The van der Waals surface area contributed by atoms with Crippen molar-refractivity contribution in [3.63, 3.8) is 0 Å². The lowest BCUT2D eigenvalue weighted by atomic mass is 10.3. The highest BCUT2D eigenvalue weighted by molar-refractivity contribution is 7.15. The number of aromatic nitrogens is 2. The quantitative estimate of drug-likeness (QED) is 0.847. The van der Waals surface area contributed by atoms with Gasteiger partial charge in [0.1, 0.15) is 5.01 Å². The summed E-state index contributed by atoms with van der Waals surface area (Å²) in [5.74, 6) is 0. The average molecular weight is 315 g/mol. The van der Waals surface area contributed by atoms with Crippen molar-refractivity contribution < 1.29 is 13.2 Å². The number of hydrogen-bond acceptors (Lipinski definition) is 4. The lowest BCUT2D eigenvalue weighted by molar-refractivity contribution is -0.141. The molecular formula is C14H16F3N3S. The third kappa shape index (κ3) is 4.01. The van der Waals surface area contributed by atoms with E-state index in [-0.39, 0.29) is 11.4 Å². The maximum Gasteiger partial charge on any atom is 0.434 e. The van der Waals surface area contributed by atoms with Crippen LogP contribution in [0.4, 0.5) is 13.2 Å². The molecule has 7 heteroatoms. The number of aryl methyl sites for hydroxylation is 1. The number of alkyl halides is 3. The van der Waals surface area contributed by atoms with E-state index in [9.17, 15) is 13.2 Å². The number of halogens is 3. The van der Waals surface area contributed by atoms with Gasteiger partial charge in [-0.25, -0.2) is 4.98 Å². The third-order valence-electron chi connectivity index (χ3n) is 2.79. The molecule has 0 aromatic carbocycles. The molecule has 0 unspecified atom stereocenters. The van der Waals surface area contributed by atoms with E-state index in [2.05, 4.69) is 15.3 Å². The minimum absolute atomic E-state index is 0.173. The Morgan fingerprint density at radius 3 is 2.62 bits per heavy atom. The van der Waals surface area contributed by atoms with E-state index in [0.29, 0.717) is 17.2 Å². The van der Waals surface area contributed by atoms with Crippen molar-refractivity contribution in [3.8, 4) is 10.7 Å². The summed E-state index contributed by atoms with van der Waals surface area (Å²) in [6.07, 6.45) is -3.58. The molecule has 0 amide bonds. The minimum Gasteiger partial charge on any atom is -0.312 e. The van der Waals surface area contributed by atoms with Crippen molar-refractivity contribution in [1.29, 1.82) is 0 Å². The van der Waals surface area contributed by atoms with Crippen LogP contribution < -0.4 is 5.32 Å². The molecule has 0 aliphatic heterocycles. The topological polar surface area (TPSA) is 37.8 Å². The Morgan fingerprint density at radius 1 is 1.24 bits per heavy atom. The molecular weight excluding hydrogens is 299 g/mol. The second kappa shape index (κ2) is 6.53. The van der Waals surface area contributed by atoms with E-state index in [1.807, 2.05) is 6.92 Å². The van der Waals surface area contributed by atoms with Crippen LogP contribution in [0.5, 0.6) is 0 Å². The van der Waals surface area contributed by atoms with Gasteiger partial charge in [0.2, 0.25) is 0 Å². The van der Waals surface area contributed by atoms with Crippen molar-refractivity contribution in [3.05, 3.63) is 34.5 Å². The van der Waals surface area contributed by atoms with Crippen molar-refractivity contribution in [1.82, 2.24) is 15.3 Å². The van der Waals surface area contributed by atoms with Gasteiger partial charge in [0.15, 0.2) is 5.69 Å². The predicted octanol–water partition coefficient (Wildman–Crippen LogP) is 4.03. The Morgan fingerprint density at radius 2 is 2.00 bits per heavy atom. The van der Waals surface area contributed by atoms with Gasteiger partial charge in [0.05, 0.1) is 10.6 Å². The summed E-state index contributed by atoms with van der Waals surface area (Å²) in [6.45, 7) is 4.61. The highest BCUT2D eigenvalue weighted by Gasteiger charge is 2.37. The van der Waals surface area contributed by atoms with Gasteiger partial charge >= 0.3 is 6.18 Å². The predicted molar refractivity (Wildman–Crippen MR) is 77.1 cm³/mol. The molecule has 0 spiro atoms. The smallest absolute Gasteiger partial charge is 0.312 e. The fourth-order valence-corrected chi connectivity index (χ4v) is 2.86. The Balaban J connectivity index is 2.36. The number of rotatable bonds is 5. The van der Waals surface area contributed by atoms with Gasteiger partial charge in [-0.05, 0) is 32.0 Å². The maximum atomic E-state index is 13.1. The van der Waals surface area contributed by atoms with Gasteiger partial charge in [-0.1, -0.05) is 13.0 Å². The van der Waals surface area contributed by atoms with E-state index in [0.717, 1.165) is 23.5 Å². The van der Waals surface area contributed by atoms with Gasteiger partial charge < -0.3 is 5.32 Å². The highest BCUT2D eigenvalue weighted by atomic mass is 32.1. The van der Waals surface area contributed by atoms with E-state index in [4.69, 9.17) is 0 Å². The van der Waals surface area contributed by atoms with E-state index < -0.39 is 11.9 Å². The largest absolute Gasteiger partial charge is 0.434 e. The molecule has 3 nitrogen and oxygen atoms in total. The SMILES string of the molecule is CCCNCc1sc(-c2cccc(C)n2)nc1C(F)(F)F. The first-order valence-electron chi connectivity index (χ1n) is 6.63. The Hall–Kier alpha value is -1.47. The van der Waals surface area contributed by atoms with Crippen LogP contribution in [0.2, 0.25) is 0 Å². The summed E-state index contributed by atoms with van der Waals surface area (Å²) in [5, 5.41) is 3.29. The number of pyridine rings is 1. The van der Waals surface area contributed by atoms with Crippen LogP contribution in [-0.2, 0) is 12.7 Å². The molecule has 0 saturated heterocycles. The van der Waals surface area contributed by atoms with Crippen LogP contribution in [0.15, 0.2) is 18.2 Å². The van der Waals surface area contributed by atoms with E-state index in [1.165, 1.54) is 0 Å². The Kier molecular flexibility index (Phi) is 4.95. The van der Waals surface area contributed by atoms with Crippen LogP contribution in [0.3, 0.4) is 0 Å². The molecule has 0 saturated carbocycles. The summed E-state index contributed by atoms with van der Waals surface area (Å²) < 4.78 is 39.2. The first-order valence-corrected chi connectivity index (χ1v) is 7.45. The Labute approximate surface area is 125 Å².